The van der Waals surface area contributed by atoms with Crippen LogP contribution in [0.2, 0.25) is 0 Å². The largest absolute Gasteiger partial charge is 0.416 e. The van der Waals surface area contributed by atoms with E-state index in [-0.39, 0.29) is 36.1 Å². The number of thioether (sulfide) groups is 1. The van der Waals surface area contributed by atoms with Gasteiger partial charge in [0, 0.05) is 36.9 Å². The highest BCUT2D eigenvalue weighted by Crippen LogP contribution is 2.30. The molecule has 2 amide bonds. The van der Waals surface area contributed by atoms with Gasteiger partial charge < -0.3 is 15.0 Å². The van der Waals surface area contributed by atoms with Crippen molar-refractivity contribution in [3.05, 3.63) is 35.1 Å². The highest BCUT2D eigenvalue weighted by atomic mass is 32.2. The third kappa shape index (κ3) is 5.38. The summed E-state index contributed by atoms with van der Waals surface area (Å²) in [6.45, 7) is 0.585. The van der Waals surface area contributed by atoms with Gasteiger partial charge in [0.2, 0.25) is 11.8 Å². The number of rotatable bonds is 6. The molecule has 2 heterocycles. The minimum atomic E-state index is -4.59. The number of carbonyl (C=O) groups is 2. The monoisotopic (exact) mass is 420 g/mol. The molecular formula is C18H20F4N2O3S. The van der Waals surface area contributed by atoms with Crippen LogP contribution in [0.25, 0.3) is 0 Å². The number of hydrogen-bond donors (Lipinski definition) is 1. The molecule has 2 saturated heterocycles. The van der Waals surface area contributed by atoms with E-state index in [9.17, 15) is 27.2 Å². The van der Waals surface area contributed by atoms with Gasteiger partial charge in [0.05, 0.1) is 24.0 Å². The van der Waals surface area contributed by atoms with E-state index in [0.717, 1.165) is 17.9 Å². The molecule has 0 aliphatic carbocycles. The van der Waals surface area contributed by atoms with Gasteiger partial charge in [-0.1, -0.05) is 6.07 Å². The minimum absolute atomic E-state index is 0.00571. The first-order valence-electron chi connectivity index (χ1n) is 8.84. The Kier molecular flexibility index (Phi) is 6.49. The van der Waals surface area contributed by atoms with Gasteiger partial charge in [-0.2, -0.15) is 13.2 Å². The number of ether oxygens (including phenoxy) is 1. The number of amides is 2. The fraction of sp³-hybridized carbons (Fsp3) is 0.556. The first-order valence-corrected chi connectivity index (χ1v) is 10.00. The number of likely N-dealkylation sites (tertiary alicyclic amines) is 1. The number of alkyl halides is 3. The van der Waals surface area contributed by atoms with E-state index in [2.05, 4.69) is 5.32 Å². The molecule has 0 unspecified atom stereocenters. The summed E-state index contributed by atoms with van der Waals surface area (Å²) in [5, 5.41) is 2.85. The van der Waals surface area contributed by atoms with Crippen molar-refractivity contribution >= 4 is 23.6 Å². The molecule has 2 aliphatic heterocycles. The number of benzene rings is 1. The lowest BCUT2D eigenvalue weighted by Crippen LogP contribution is -2.55. The predicted octanol–water partition coefficient (Wildman–Crippen LogP) is 2.58. The fourth-order valence-electron chi connectivity index (χ4n) is 3.01. The summed E-state index contributed by atoms with van der Waals surface area (Å²) in [5.74, 6) is 0.236. The third-order valence-electron chi connectivity index (χ3n) is 4.68. The molecule has 0 spiro atoms. The molecular weight excluding hydrogens is 400 g/mol. The maximum absolute atomic E-state index is 13.8. The SMILES string of the molecule is O=C1CSC[C@H](CCC(=O)N2CC(OCc3ccc(C(F)(F)F)cc3F)C2)N1. The molecule has 1 aromatic rings. The fourth-order valence-corrected chi connectivity index (χ4v) is 3.93. The Labute approximate surface area is 163 Å². The van der Waals surface area contributed by atoms with E-state index in [1.807, 2.05) is 0 Å². The molecule has 5 nitrogen and oxygen atoms in total. The van der Waals surface area contributed by atoms with Crippen molar-refractivity contribution in [2.75, 3.05) is 24.6 Å². The van der Waals surface area contributed by atoms with Gasteiger partial charge in [0.15, 0.2) is 0 Å². The third-order valence-corrected chi connectivity index (χ3v) is 5.78. The van der Waals surface area contributed by atoms with E-state index in [4.69, 9.17) is 4.74 Å². The average Bonchev–Trinajstić information content (AvgIpc) is 2.59. The Morgan fingerprint density at radius 3 is 2.71 bits per heavy atom. The zero-order valence-corrected chi connectivity index (χ0v) is 15.7. The highest BCUT2D eigenvalue weighted by Gasteiger charge is 2.33. The van der Waals surface area contributed by atoms with Crippen LogP contribution in [-0.4, -0.2) is 53.5 Å². The summed E-state index contributed by atoms with van der Waals surface area (Å²) in [5.41, 5.74) is -0.995. The van der Waals surface area contributed by atoms with Crippen molar-refractivity contribution in [1.82, 2.24) is 10.2 Å². The van der Waals surface area contributed by atoms with Crippen LogP contribution in [0.1, 0.15) is 24.0 Å². The molecule has 154 valence electrons. The number of carbonyl (C=O) groups excluding carboxylic acids is 2. The van der Waals surface area contributed by atoms with E-state index in [1.54, 1.807) is 16.7 Å². The van der Waals surface area contributed by atoms with E-state index in [0.29, 0.717) is 37.8 Å². The zero-order chi connectivity index (χ0) is 20.3. The van der Waals surface area contributed by atoms with E-state index in [1.165, 1.54) is 0 Å². The normalized spacial score (nSPS) is 20.6. The number of nitrogens with zero attached hydrogens (tertiary/aromatic N) is 1. The van der Waals surface area contributed by atoms with Gasteiger partial charge in [-0.05, 0) is 18.6 Å². The first-order chi connectivity index (χ1) is 13.2. The number of halogens is 4. The van der Waals surface area contributed by atoms with E-state index < -0.39 is 17.6 Å². The molecule has 0 aromatic heterocycles. The number of nitrogens with one attached hydrogen (secondary N) is 1. The quantitative estimate of drug-likeness (QED) is 0.719. The van der Waals surface area contributed by atoms with Crippen LogP contribution in [-0.2, 0) is 27.1 Å². The van der Waals surface area contributed by atoms with Gasteiger partial charge in [-0.3, -0.25) is 9.59 Å². The molecule has 0 radical (unpaired) electrons. The molecule has 1 N–H and O–H groups in total. The van der Waals surface area contributed by atoms with Crippen LogP contribution < -0.4 is 5.32 Å². The zero-order valence-electron chi connectivity index (χ0n) is 14.9. The average molecular weight is 420 g/mol. The Morgan fingerprint density at radius 2 is 2.07 bits per heavy atom. The van der Waals surface area contributed by atoms with Crippen LogP contribution in [0, 0.1) is 5.82 Å². The lowest BCUT2D eigenvalue weighted by Gasteiger charge is -2.39. The van der Waals surface area contributed by atoms with Gasteiger partial charge in [0.25, 0.3) is 0 Å². The summed E-state index contributed by atoms with van der Waals surface area (Å²) in [4.78, 5) is 25.1. The maximum atomic E-state index is 13.8. The molecule has 1 aromatic carbocycles. The first kappa shape index (κ1) is 20.9. The van der Waals surface area contributed by atoms with Crippen LogP contribution in [0.5, 0.6) is 0 Å². The van der Waals surface area contributed by atoms with Crippen molar-refractivity contribution < 1.29 is 31.9 Å². The molecule has 10 heteroatoms. The van der Waals surface area contributed by atoms with Gasteiger partial charge >= 0.3 is 6.18 Å². The molecule has 3 rings (SSSR count). The molecule has 2 aliphatic rings. The Balaban J connectivity index is 1.37. The van der Waals surface area contributed by atoms with Gasteiger partial charge in [0.1, 0.15) is 5.82 Å². The number of hydrogen-bond acceptors (Lipinski definition) is 4. The second kappa shape index (κ2) is 8.69. The van der Waals surface area contributed by atoms with Crippen molar-refractivity contribution in [1.29, 1.82) is 0 Å². The summed E-state index contributed by atoms with van der Waals surface area (Å²) < 4.78 is 56.9. The molecule has 2 fully saturated rings. The maximum Gasteiger partial charge on any atom is 0.416 e. The lowest BCUT2D eigenvalue weighted by molar-refractivity contribution is -0.146. The molecule has 1 atom stereocenters. The van der Waals surface area contributed by atoms with Gasteiger partial charge in [-0.25, -0.2) is 4.39 Å². The van der Waals surface area contributed by atoms with Crippen LogP contribution in [0.15, 0.2) is 18.2 Å². The summed E-state index contributed by atoms with van der Waals surface area (Å²) >= 11 is 1.55. The molecule has 0 saturated carbocycles. The predicted molar refractivity (Wildman–Crippen MR) is 95.0 cm³/mol. The summed E-state index contributed by atoms with van der Waals surface area (Å²) in [6.07, 6.45) is -3.95. The van der Waals surface area contributed by atoms with E-state index >= 15 is 0 Å². The summed E-state index contributed by atoms with van der Waals surface area (Å²) in [7, 11) is 0. The second-order valence-corrected chi connectivity index (χ2v) is 7.88. The van der Waals surface area contributed by atoms with Gasteiger partial charge in [-0.15, -0.1) is 11.8 Å². The van der Waals surface area contributed by atoms with Crippen LogP contribution in [0.3, 0.4) is 0 Å². The smallest absolute Gasteiger partial charge is 0.370 e. The highest BCUT2D eigenvalue weighted by molar-refractivity contribution is 8.00. The lowest BCUT2D eigenvalue weighted by atomic mass is 10.1. The standard InChI is InChI=1S/C18H20F4N2O3S/c19-15-5-12(18(20,21)22)2-1-11(15)8-27-14-6-24(7-14)17(26)4-3-13-9-28-10-16(25)23-13/h1-2,5,13-14H,3-4,6-10H2,(H,23,25)/t13-/m0/s1. The Hall–Kier alpha value is -1.81. The van der Waals surface area contributed by atoms with Crippen LogP contribution >= 0.6 is 11.8 Å². The van der Waals surface area contributed by atoms with Crippen molar-refractivity contribution in [2.45, 2.75) is 37.8 Å². The van der Waals surface area contributed by atoms with Crippen molar-refractivity contribution in [3.63, 3.8) is 0 Å². The van der Waals surface area contributed by atoms with Crippen LogP contribution in [0.4, 0.5) is 17.6 Å². The molecule has 0 bridgehead atoms. The van der Waals surface area contributed by atoms with Crippen molar-refractivity contribution in [3.8, 4) is 0 Å². The second-order valence-electron chi connectivity index (χ2n) is 6.85. The summed E-state index contributed by atoms with van der Waals surface area (Å²) in [6, 6.07) is 2.35. The minimum Gasteiger partial charge on any atom is -0.370 e. The topological polar surface area (TPSA) is 58.6 Å². The molecule has 28 heavy (non-hydrogen) atoms. The Bertz CT molecular complexity index is 738. The van der Waals surface area contributed by atoms with Crippen molar-refractivity contribution in [2.24, 2.45) is 0 Å². The Morgan fingerprint density at radius 1 is 1.32 bits per heavy atom.